The number of methoxy groups -OCH3 is 1. The first-order valence-corrected chi connectivity index (χ1v) is 8.10. The topological polar surface area (TPSA) is 95.8 Å². The van der Waals surface area contributed by atoms with Crippen LogP contribution in [0.25, 0.3) is 0 Å². The van der Waals surface area contributed by atoms with Crippen LogP contribution >= 0.6 is 0 Å². The highest BCUT2D eigenvalue weighted by Crippen LogP contribution is 2.15. The van der Waals surface area contributed by atoms with Crippen LogP contribution in [0, 0.1) is 11.3 Å². The third-order valence-electron chi connectivity index (χ3n) is 3.68. The van der Waals surface area contributed by atoms with Crippen LogP contribution in [0.4, 0.5) is 17.5 Å². The summed E-state index contributed by atoms with van der Waals surface area (Å²) in [6, 6.07) is 17.1. The van der Waals surface area contributed by atoms with Crippen LogP contribution in [0.3, 0.4) is 0 Å². The molecule has 7 heteroatoms. The highest BCUT2D eigenvalue weighted by molar-refractivity contribution is 5.55. The predicted molar refractivity (Wildman–Crippen MR) is 99.5 cm³/mol. The molecule has 2 aromatic carbocycles. The van der Waals surface area contributed by atoms with Crippen molar-refractivity contribution in [2.24, 2.45) is 0 Å². The Balaban J connectivity index is 1.57. The number of nitrogens with zero attached hydrogens (tertiary/aromatic N) is 4. The van der Waals surface area contributed by atoms with Gasteiger partial charge in [-0.2, -0.15) is 15.3 Å². The SMILES string of the molecule is COc1cccc(CCNc2cnnc(Nc3ccc(C#N)cc3)n2)c1. The summed E-state index contributed by atoms with van der Waals surface area (Å²) in [7, 11) is 1.66. The van der Waals surface area contributed by atoms with E-state index in [1.54, 1.807) is 37.6 Å². The minimum Gasteiger partial charge on any atom is -0.497 e. The Morgan fingerprint density at radius 3 is 2.77 bits per heavy atom. The van der Waals surface area contributed by atoms with Gasteiger partial charge in [0.2, 0.25) is 5.95 Å². The van der Waals surface area contributed by atoms with Gasteiger partial charge in [0.15, 0.2) is 5.82 Å². The van der Waals surface area contributed by atoms with Gasteiger partial charge in [0.25, 0.3) is 0 Å². The van der Waals surface area contributed by atoms with Crippen molar-refractivity contribution in [2.45, 2.75) is 6.42 Å². The van der Waals surface area contributed by atoms with Crippen LogP contribution in [0.1, 0.15) is 11.1 Å². The largest absolute Gasteiger partial charge is 0.497 e. The van der Waals surface area contributed by atoms with E-state index < -0.39 is 0 Å². The molecule has 0 saturated heterocycles. The maximum absolute atomic E-state index is 8.83. The zero-order chi connectivity index (χ0) is 18.2. The van der Waals surface area contributed by atoms with Gasteiger partial charge in [-0.15, -0.1) is 5.10 Å². The fourth-order valence-corrected chi connectivity index (χ4v) is 2.36. The molecule has 0 saturated carbocycles. The van der Waals surface area contributed by atoms with Crippen LogP contribution in [0.5, 0.6) is 5.75 Å². The number of anilines is 3. The van der Waals surface area contributed by atoms with E-state index in [2.05, 4.69) is 38.0 Å². The molecule has 7 nitrogen and oxygen atoms in total. The first-order valence-electron chi connectivity index (χ1n) is 8.10. The normalized spacial score (nSPS) is 10.0. The van der Waals surface area contributed by atoms with Crippen LogP contribution < -0.4 is 15.4 Å². The molecule has 0 aliphatic carbocycles. The number of benzene rings is 2. The summed E-state index contributed by atoms with van der Waals surface area (Å²) in [6.07, 6.45) is 2.41. The summed E-state index contributed by atoms with van der Waals surface area (Å²) < 4.78 is 5.23. The number of rotatable bonds is 7. The lowest BCUT2D eigenvalue weighted by Gasteiger charge is -2.08. The molecular formula is C19H18N6O. The number of aromatic nitrogens is 3. The molecule has 0 fully saturated rings. The van der Waals surface area contributed by atoms with Gasteiger partial charge in [-0.1, -0.05) is 12.1 Å². The highest BCUT2D eigenvalue weighted by Gasteiger charge is 2.02. The van der Waals surface area contributed by atoms with E-state index in [4.69, 9.17) is 10.00 Å². The van der Waals surface area contributed by atoms with Gasteiger partial charge in [-0.05, 0) is 48.4 Å². The fraction of sp³-hybridized carbons (Fsp3) is 0.158. The van der Waals surface area contributed by atoms with Crippen molar-refractivity contribution in [1.29, 1.82) is 5.26 Å². The van der Waals surface area contributed by atoms with Crippen molar-refractivity contribution in [3.63, 3.8) is 0 Å². The number of nitriles is 1. The monoisotopic (exact) mass is 346 g/mol. The van der Waals surface area contributed by atoms with Crippen molar-refractivity contribution in [3.05, 3.63) is 65.9 Å². The van der Waals surface area contributed by atoms with Gasteiger partial charge in [0.05, 0.1) is 24.9 Å². The summed E-state index contributed by atoms with van der Waals surface area (Å²) in [5.41, 5.74) is 2.57. The molecule has 0 radical (unpaired) electrons. The molecule has 0 spiro atoms. The van der Waals surface area contributed by atoms with Gasteiger partial charge >= 0.3 is 0 Å². The maximum atomic E-state index is 8.83. The second kappa shape index (κ2) is 8.44. The zero-order valence-corrected chi connectivity index (χ0v) is 14.3. The summed E-state index contributed by atoms with van der Waals surface area (Å²) in [4.78, 5) is 4.39. The van der Waals surface area contributed by atoms with E-state index in [-0.39, 0.29) is 0 Å². The van der Waals surface area contributed by atoms with E-state index in [0.29, 0.717) is 23.9 Å². The van der Waals surface area contributed by atoms with Gasteiger partial charge < -0.3 is 15.4 Å². The number of nitrogens with one attached hydrogen (secondary N) is 2. The minimum atomic E-state index is 0.390. The van der Waals surface area contributed by atoms with E-state index in [1.807, 2.05) is 18.2 Å². The van der Waals surface area contributed by atoms with Gasteiger partial charge in [0, 0.05) is 12.2 Å². The molecule has 1 heterocycles. The molecule has 0 bridgehead atoms. The summed E-state index contributed by atoms with van der Waals surface area (Å²) in [6.45, 7) is 0.710. The lowest BCUT2D eigenvalue weighted by Crippen LogP contribution is -2.08. The van der Waals surface area contributed by atoms with Gasteiger partial charge in [-0.25, -0.2) is 0 Å². The summed E-state index contributed by atoms with van der Waals surface area (Å²) in [5, 5.41) is 23.1. The molecule has 130 valence electrons. The van der Waals surface area contributed by atoms with E-state index >= 15 is 0 Å². The molecule has 26 heavy (non-hydrogen) atoms. The molecule has 0 amide bonds. The Morgan fingerprint density at radius 1 is 1.15 bits per heavy atom. The molecular weight excluding hydrogens is 328 g/mol. The Labute approximate surface area is 151 Å². The standard InChI is InChI=1S/C19H18N6O/c1-26-17-4-2-3-14(11-17)9-10-21-18-13-22-25-19(24-18)23-16-7-5-15(12-20)6-8-16/h2-8,11,13H,9-10H2,1H3,(H2,21,23,24,25). The highest BCUT2D eigenvalue weighted by atomic mass is 16.5. The Hall–Kier alpha value is -3.66. The van der Waals surface area contributed by atoms with Crippen molar-refractivity contribution >= 4 is 17.5 Å². The number of hydrogen-bond donors (Lipinski definition) is 2. The van der Waals surface area contributed by atoms with Crippen molar-refractivity contribution in [2.75, 3.05) is 24.3 Å². The van der Waals surface area contributed by atoms with Crippen molar-refractivity contribution < 1.29 is 4.74 Å². The Morgan fingerprint density at radius 2 is 2.00 bits per heavy atom. The third-order valence-corrected chi connectivity index (χ3v) is 3.68. The number of hydrogen-bond acceptors (Lipinski definition) is 7. The number of ether oxygens (including phenoxy) is 1. The predicted octanol–water partition coefficient (Wildman–Crippen LogP) is 3.15. The van der Waals surface area contributed by atoms with Crippen LogP contribution in [0.2, 0.25) is 0 Å². The molecule has 2 N–H and O–H groups in total. The molecule has 3 aromatic rings. The van der Waals surface area contributed by atoms with Crippen LogP contribution in [-0.2, 0) is 6.42 Å². The second-order valence-electron chi connectivity index (χ2n) is 5.51. The first kappa shape index (κ1) is 17.2. The van der Waals surface area contributed by atoms with E-state index in [0.717, 1.165) is 17.9 Å². The quantitative estimate of drug-likeness (QED) is 0.678. The molecule has 0 aliphatic rings. The summed E-state index contributed by atoms with van der Waals surface area (Å²) in [5.74, 6) is 1.88. The lowest BCUT2D eigenvalue weighted by molar-refractivity contribution is 0.414. The smallest absolute Gasteiger partial charge is 0.249 e. The van der Waals surface area contributed by atoms with Crippen LogP contribution in [0.15, 0.2) is 54.7 Å². The second-order valence-corrected chi connectivity index (χ2v) is 5.51. The summed E-state index contributed by atoms with van der Waals surface area (Å²) >= 11 is 0. The van der Waals surface area contributed by atoms with E-state index in [1.165, 1.54) is 5.56 Å². The molecule has 0 aliphatic heterocycles. The molecule has 1 aromatic heterocycles. The third kappa shape index (κ3) is 4.68. The Bertz CT molecular complexity index is 904. The lowest BCUT2D eigenvalue weighted by atomic mass is 10.1. The van der Waals surface area contributed by atoms with Crippen LogP contribution in [-0.4, -0.2) is 28.8 Å². The molecule has 0 atom stereocenters. The molecule has 0 unspecified atom stereocenters. The minimum absolute atomic E-state index is 0.390. The Kier molecular flexibility index (Phi) is 5.58. The fourth-order valence-electron chi connectivity index (χ4n) is 2.36. The maximum Gasteiger partial charge on any atom is 0.249 e. The average molecular weight is 346 g/mol. The average Bonchev–Trinajstić information content (AvgIpc) is 2.69. The van der Waals surface area contributed by atoms with Crippen molar-refractivity contribution in [3.8, 4) is 11.8 Å². The van der Waals surface area contributed by atoms with E-state index in [9.17, 15) is 0 Å². The molecule has 3 rings (SSSR count). The van der Waals surface area contributed by atoms with Gasteiger partial charge in [-0.3, -0.25) is 0 Å². The van der Waals surface area contributed by atoms with Gasteiger partial charge in [0.1, 0.15) is 5.75 Å². The van der Waals surface area contributed by atoms with Crippen molar-refractivity contribution in [1.82, 2.24) is 15.2 Å². The first-order chi connectivity index (χ1) is 12.8. The zero-order valence-electron chi connectivity index (χ0n) is 14.3.